The highest BCUT2D eigenvalue weighted by Gasteiger charge is 2.46. The van der Waals surface area contributed by atoms with Crippen LogP contribution in [-0.4, -0.2) is 38.4 Å². The smallest absolute Gasteiger partial charge is 0.296 e. The molecule has 1 atom stereocenters. The van der Waals surface area contributed by atoms with E-state index >= 15 is 0 Å². The highest BCUT2D eigenvalue weighted by Crippen LogP contribution is 2.42. The summed E-state index contributed by atoms with van der Waals surface area (Å²) in [5.74, 6) is -1.24. The summed E-state index contributed by atoms with van der Waals surface area (Å²) in [6.45, 7) is 2.12. The first kappa shape index (κ1) is 20.2. The Kier molecular flexibility index (Phi) is 5.44. The molecule has 3 heterocycles. The number of furan rings is 1. The molecule has 0 spiro atoms. The molecule has 0 aliphatic carbocycles. The number of phenols is 1. The number of aromatic nitrogens is 1. The lowest BCUT2D eigenvalue weighted by atomic mass is 9.95. The molecule has 8 nitrogen and oxygen atoms in total. The lowest BCUT2D eigenvalue weighted by Crippen LogP contribution is -2.29. The first-order chi connectivity index (χ1) is 15.0. The van der Waals surface area contributed by atoms with Gasteiger partial charge in [0, 0.05) is 18.0 Å². The molecular formula is C23H20N2O6. The van der Waals surface area contributed by atoms with Gasteiger partial charge in [-0.15, -0.1) is 0 Å². The highest BCUT2D eigenvalue weighted by atomic mass is 16.5. The minimum Gasteiger partial charge on any atom is -0.507 e. The fourth-order valence-electron chi connectivity index (χ4n) is 3.60. The van der Waals surface area contributed by atoms with Crippen LogP contribution in [0.3, 0.4) is 0 Å². The molecule has 2 N–H and O–H groups in total. The van der Waals surface area contributed by atoms with Gasteiger partial charge in [-0.1, -0.05) is 6.07 Å². The quantitative estimate of drug-likeness (QED) is 0.357. The first-order valence-corrected chi connectivity index (χ1v) is 9.68. The number of hydrogen-bond donors (Lipinski definition) is 2. The number of aliphatic hydroxyl groups is 1. The summed E-state index contributed by atoms with van der Waals surface area (Å²) in [4.78, 5) is 31.2. The lowest BCUT2D eigenvalue weighted by molar-refractivity contribution is -0.140. The van der Waals surface area contributed by atoms with Crippen molar-refractivity contribution in [1.29, 1.82) is 0 Å². The molecule has 3 aromatic rings. The Balaban J connectivity index is 1.88. The summed E-state index contributed by atoms with van der Waals surface area (Å²) >= 11 is 0. The van der Waals surface area contributed by atoms with E-state index in [9.17, 15) is 19.8 Å². The van der Waals surface area contributed by atoms with Gasteiger partial charge in [-0.25, -0.2) is 0 Å². The van der Waals surface area contributed by atoms with Gasteiger partial charge in [0.05, 0.1) is 31.0 Å². The van der Waals surface area contributed by atoms with Crippen LogP contribution < -0.4 is 4.74 Å². The topological polar surface area (TPSA) is 113 Å². The number of aromatic hydroxyl groups is 1. The number of nitrogens with zero attached hydrogens (tertiary/aromatic N) is 2. The number of hydrogen-bond acceptors (Lipinski definition) is 7. The van der Waals surface area contributed by atoms with E-state index in [0.29, 0.717) is 23.5 Å². The van der Waals surface area contributed by atoms with Crippen LogP contribution in [0.15, 0.2) is 71.1 Å². The maximum atomic E-state index is 13.0. The molecule has 8 heteroatoms. The molecule has 1 saturated heterocycles. The van der Waals surface area contributed by atoms with Gasteiger partial charge in [-0.2, -0.15) is 0 Å². The molecule has 0 saturated carbocycles. The van der Waals surface area contributed by atoms with Gasteiger partial charge >= 0.3 is 0 Å². The second-order valence-corrected chi connectivity index (χ2v) is 6.90. The van der Waals surface area contributed by atoms with Crippen molar-refractivity contribution in [3.63, 3.8) is 0 Å². The Bertz CT molecular complexity index is 1140. The molecule has 158 valence electrons. The SMILES string of the molecule is CCOc1cc(C2/C(=C(\O)c3ccncc3)C(=O)C(=O)N2Cc2ccco2)ccc1O. The van der Waals surface area contributed by atoms with E-state index in [1.165, 1.54) is 29.6 Å². The Morgan fingerprint density at radius 2 is 1.97 bits per heavy atom. The molecule has 1 aromatic carbocycles. The Labute approximate surface area is 178 Å². The minimum atomic E-state index is -0.905. The Morgan fingerprint density at radius 1 is 1.19 bits per heavy atom. The number of carbonyl (C=O) groups excluding carboxylic acids is 2. The Hall–Kier alpha value is -4.07. The van der Waals surface area contributed by atoms with Gasteiger partial charge in [-0.3, -0.25) is 14.6 Å². The number of aliphatic hydroxyl groups excluding tert-OH is 1. The third-order valence-electron chi connectivity index (χ3n) is 5.00. The van der Waals surface area contributed by atoms with Gasteiger partial charge in [-0.05, 0) is 48.9 Å². The van der Waals surface area contributed by atoms with Gasteiger partial charge in [0.1, 0.15) is 11.5 Å². The molecule has 1 amide bonds. The maximum absolute atomic E-state index is 13.0. The molecule has 1 aliphatic rings. The predicted octanol–water partition coefficient (Wildman–Crippen LogP) is 3.40. The number of ether oxygens (including phenoxy) is 1. The summed E-state index contributed by atoms with van der Waals surface area (Å²) in [5, 5.41) is 21.0. The zero-order valence-electron chi connectivity index (χ0n) is 16.7. The average Bonchev–Trinajstić information content (AvgIpc) is 3.38. The van der Waals surface area contributed by atoms with Gasteiger partial charge < -0.3 is 24.3 Å². The average molecular weight is 420 g/mol. The van der Waals surface area contributed by atoms with E-state index in [4.69, 9.17) is 9.15 Å². The molecular weight excluding hydrogens is 400 g/mol. The standard InChI is InChI=1S/C23H20N2O6/c1-2-30-18-12-15(5-6-17(18)26)20-19(21(27)14-7-9-24-10-8-14)22(28)23(29)25(20)13-16-4-3-11-31-16/h3-12,20,26-27H,2,13H2,1H3/b21-19+. The number of Topliss-reactive ketones (excluding diaryl/α,β-unsaturated/α-hetero) is 1. The van der Waals surface area contributed by atoms with Crippen molar-refractivity contribution in [1.82, 2.24) is 9.88 Å². The van der Waals surface area contributed by atoms with Crippen LogP contribution in [-0.2, 0) is 16.1 Å². The number of carbonyl (C=O) groups is 2. The van der Waals surface area contributed by atoms with Crippen molar-refractivity contribution in [2.24, 2.45) is 0 Å². The fraction of sp³-hybridized carbons (Fsp3) is 0.174. The van der Waals surface area contributed by atoms with Crippen LogP contribution in [0.25, 0.3) is 5.76 Å². The van der Waals surface area contributed by atoms with Crippen molar-refractivity contribution in [3.05, 3.63) is 83.6 Å². The molecule has 1 aliphatic heterocycles. The van der Waals surface area contributed by atoms with Gasteiger partial charge in [0.15, 0.2) is 11.5 Å². The normalized spacial score (nSPS) is 17.8. The van der Waals surface area contributed by atoms with E-state index in [1.807, 2.05) is 0 Å². The lowest BCUT2D eigenvalue weighted by Gasteiger charge is -2.25. The molecule has 1 fully saturated rings. The van der Waals surface area contributed by atoms with Crippen LogP contribution in [0.4, 0.5) is 0 Å². The fourth-order valence-corrected chi connectivity index (χ4v) is 3.60. The number of likely N-dealkylation sites (tertiary alicyclic amines) is 1. The molecule has 2 aromatic heterocycles. The minimum absolute atomic E-state index is 0.0280. The predicted molar refractivity (Wildman–Crippen MR) is 110 cm³/mol. The maximum Gasteiger partial charge on any atom is 0.296 e. The number of amides is 1. The van der Waals surface area contributed by atoms with E-state index < -0.39 is 17.7 Å². The third kappa shape index (κ3) is 3.75. The molecule has 1 unspecified atom stereocenters. The number of phenolic OH excluding ortho intramolecular Hbond substituents is 1. The monoisotopic (exact) mass is 420 g/mol. The van der Waals surface area contributed by atoms with Crippen molar-refractivity contribution in [2.45, 2.75) is 19.5 Å². The zero-order chi connectivity index (χ0) is 22.0. The first-order valence-electron chi connectivity index (χ1n) is 9.68. The van der Waals surface area contributed by atoms with Crippen LogP contribution in [0, 0.1) is 0 Å². The van der Waals surface area contributed by atoms with Crippen LogP contribution in [0.5, 0.6) is 11.5 Å². The second-order valence-electron chi connectivity index (χ2n) is 6.90. The van der Waals surface area contributed by atoms with Crippen molar-refractivity contribution in [3.8, 4) is 11.5 Å². The molecule has 4 rings (SSSR count). The van der Waals surface area contributed by atoms with E-state index in [-0.39, 0.29) is 29.4 Å². The summed E-state index contributed by atoms with van der Waals surface area (Å²) in [6, 6.07) is 10.2. The van der Waals surface area contributed by atoms with Gasteiger partial charge in [0.25, 0.3) is 11.7 Å². The van der Waals surface area contributed by atoms with E-state index in [1.54, 1.807) is 43.3 Å². The summed E-state index contributed by atoms with van der Waals surface area (Å²) in [6.07, 6.45) is 4.44. The van der Waals surface area contributed by atoms with Crippen LogP contribution in [0.2, 0.25) is 0 Å². The molecule has 31 heavy (non-hydrogen) atoms. The van der Waals surface area contributed by atoms with Crippen molar-refractivity contribution < 1.29 is 29.0 Å². The third-order valence-corrected chi connectivity index (χ3v) is 5.00. The van der Waals surface area contributed by atoms with Crippen LogP contribution >= 0.6 is 0 Å². The number of pyridine rings is 1. The van der Waals surface area contributed by atoms with Crippen LogP contribution in [0.1, 0.15) is 29.9 Å². The van der Waals surface area contributed by atoms with E-state index in [0.717, 1.165) is 0 Å². The summed E-state index contributed by atoms with van der Waals surface area (Å²) in [5.41, 5.74) is 0.804. The van der Waals surface area contributed by atoms with E-state index in [2.05, 4.69) is 4.98 Å². The summed E-state index contributed by atoms with van der Waals surface area (Å²) in [7, 11) is 0. The zero-order valence-corrected chi connectivity index (χ0v) is 16.7. The second kappa shape index (κ2) is 8.35. The summed E-state index contributed by atoms with van der Waals surface area (Å²) < 4.78 is 10.8. The van der Waals surface area contributed by atoms with Crippen molar-refractivity contribution in [2.75, 3.05) is 6.61 Å². The van der Waals surface area contributed by atoms with Crippen molar-refractivity contribution >= 4 is 17.4 Å². The largest absolute Gasteiger partial charge is 0.507 e. The number of ketones is 1. The Morgan fingerprint density at radius 3 is 2.65 bits per heavy atom. The number of rotatable bonds is 6. The van der Waals surface area contributed by atoms with Gasteiger partial charge in [0.2, 0.25) is 0 Å². The highest BCUT2D eigenvalue weighted by molar-refractivity contribution is 6.46. The molecule has 0 bridgehead atoms. The molecule has 0 radical (unpaired) electrons. The number of benzene rings is 1.